The predicted molar refractivity (Wildman–Crippen MR) is 105 cm³/mol. The Balaban J connectivity index is 0.00000338. The van der Waals surface area contributed by atoms with E-state index in [9.17, 15) is 9.90 Å². The quantitative estimate of drug-likeness (QED) is 0.659. The SMILES string of the molecule is Cc1cccc(OCC(O)CNC(=O)C(C)C(N)c2ccccc2)c1.Cl. The third kappa shape index (κ3) is 6.67. The fourth-order valence-corrected chi connectivity index (χ4v) is 2.46. The zero-order valence-corrected chi connectivity index (χ0v) is 15.9. The molecule has 2 rings (SSSR count). The Morgan fingerprint density at radius 3 is 2.54 bits per heavy atom. The average Bonchev–Trinajstić information content (AvgIpc) is 2.64. The highest BCUT2D eigenvalue weighted by molar-refractivity contribution is 5.85. The second-order valence-corrected chi connectivity index (χ2v) is 6.25. The van der Waals surface area contributed by atoms with Crippen LogP contribution in [0.15, 0.2) is 54.6 Å². The third-order valence-electron chi connectivity index (χ3n) is 4.08. The molecule has 3 unspecified atom stereocenters. The average molecular weight is 379 g/mol. The molecule has 2 aromatic carbocycles. The smallest absolute Gasteiger partial charge is 0.224 e. The van der Waals surface area contributed by atoms with Crippen molar-refractivity contribution in [1.29, 1.82) is 0 Å². The molecule has 1 amide bonds. The zero-order chi connectivity index (χ0) is 18.2. The highest BCUT2D eigenvalue weighted by Gasteiger charge is 2.22. The number of halogens is 1. The van der Waals surface area contributed by atoms with Crippen LogP contribution < -0.4 is 15.8 Å². The lowest BCUT2D eigenvalue weighted by atomic mass is 9.94. The van der Waals surface area contributed by atoms with Gasteiger partial charge in [0.25, 0.3) is 0 Å². The van der Waals surface area contributed by atoms with Crippen molar-refractivity contribution in [2.45, 2.75) is 26.0 Å². The van der Waals surface area contributed by atoms with Crippen molar-refractivity contribution in [3.05, 3.63) is 65.7 Å². The third-order valence-corrected chi connectivity index (χ3v) is 4.08. The summed E-state index contributed by atoms with van der Waals surface area (Å²) in [7, 11) is 0. The first-order chi connectivity index (χ1) is 12.0. The zero-order valence-electron chi connectivity index (χ0n) is 15.1. The summed E-state index contributed by atoms with van der Waals surface area (Å²) in [5.74, 6) is 0.114. The Morgan fingerprint density at radius 1 is 1.19 bits per heavy atom. The summed E-state index contributed by atoms with van der Waals surface area (Å²) >= 11 is 0. The van der Waals surface area contributed by atoms with Crippen LogP contribution in [0.3, 0.4) is 0 Å². The molecule has 142 valence electrons. The molecule has 2 aromatic rings. The molecule has 6 heteroatoms. The van der Waals surface area contributed by atoms with Gasteiger partial charge in [0.2, 0.25) is 5.91 Å². The van der Waals surface area contributed by atoms with Crippen LogP contribution in [0.2, 0.25) is 0 Å². The molecular weight excluding hydrogens is 352 g/mol. The summed E-state index contributed by atoms with van der Waals surface area (Å²) in [6.07, 6.45) is -0.787. The number of amides is 1. The molecule has 0 spiro atoms. The van der Waals surface area contributed by atoms with Crippen molar-refractivity contribution < 1.29 is 14.6 Å². The maximum Gasteiger partial charge on any atom is 0.224 e. The molecule has 0 aromatic heterocycles. The summed E-state index contributed by atoms with van der Waals surface area (Å²) in [5.41, 5.74) is 8.14. The highest BCUT2D eigenvalue weighted by atomic mass is 35.5. The number of hydrogen-bond donors (Lipinski definition) is 3. The molecular formula is C20H27ClN2O3. The number of ether oxygens (including phenoxy) is 1. The van der Waals surface area contributed by atoms with Gasteiger partial charge in [-0.15, -0.1) is 12.4 Å². The number of benzene rings is 2. The van der Waals surface area contributed by atoms with E-state index < -0.39 is 12.0 Å². The van der Waals surface area contributed by atoms with Crippen LogP contribution in [0.4, 0.5) is 0 Å². The van der Waals surface area contributed by atoms with E-state index in [4.69, 9.17) is 10.5 Å². The number of hydrogen-bond acceptors (Lipinski definition) is 4. The van der Waals surface area contributed by atoms with Gasteiger partial charge in [-0.1, -0.05) is 49.4 Å². The molecule has 0 bridgehead atoms. The lowest BCUT2D eigenvalue weighted by Crippen LogP contribution is -2.40. The highest BCUT2D eigenvalue weighted by Crippen LogP contribution is 2.19. The predicted octanol–water partition coefficient (Wildman–Crippen LogP) is 2.61. The molecule has 0 saturated heterocycles. The van der Waals surface area contributed by atoms with E-state index in [-0.39, 0.29) is 37.5 Å². The van der Waals surface area contributed by atoms with Gasteiger partial charge in [-0.2, -0.15) is 0 Å². The maximum absolute atomic E-state index is 12.2. The number of carbonyl (C=O) groups is 1. The maximum atomic E-state index is 12.2. The molecule has 0 aliphatic carbocycles. The number of carbonyl (C=O) groups excluding carboxylic acids is 1. The molecule has 0 fully saturated rings. The van der Waals surface area contributed by atoms with Gasteiger partial charge < -0.3 is 20.9 Å². The van der Waals surface area contributed by atoms with Gasteiger partial charge in [-0.05, 0) is 30.2 Å². The van der Waals surface area contributed by atoms with Gasteiger partial charge in [-0.3, -0.25) is 4.79 Å². The number of aliphatic hydroxyl groups excluding tert-OH is 1. The lowest BCUT2D eigenvalue weighted by molar-refractivity contribution is -0.125. The topological polar surface area (TPSA) is 84.6 Å². The minimum absolute atomic E-state index is 0. The first kappa shape index (κ1) is 22.0. The second kappa shape index (κ2) is 10.8. The monoisotopic (exact) mass is 378 g/mol. The molecule has 0 heterocycles. The lowest BCUT2D eigenvalue weighted by Gasteiger charge is -2.21. The molecule has 0 saturated carbocycles. The van der Waals surface area contributed by atoms with Crippen molar-refractivity contribution in [3.8, 4) is 5.75 Å². The molecule has 0 radical (unpaired) electrons. The van der Waals surface area contributed by atoms with Crippen LogP contribution >= 0.6 is 12.4 Å². The summed E-state index contributed by atoms with van der Waals surface area (Å²) in [4.78, 5) is 12.2. The van der Waals surface area contributed by atoms with Crippen molar-refractivity contribution in [1.82, 2.24) is 5.32 Å². The Labute approximate surface area is 161 Å². The second-order valence-electron chi connectivity index (χ2n) is 6.25. The minimum Gasteiger partial charge on any atom is -0.491 e. The van der Waals surface area contributed by atoms with Gasteiger partial charge in [0.15, 0.2) is 0 Å². The minimum atomic E-state index is -0.787. The number of nitrogens with two attached hydrogens (primary N) is 1. The summed E-state index contributed by atoms with van der Waals surface area (Å²) in [5, 5.41) is 12.7. The van der Waals surface area contributed by atoms with Crippen LogP contribution in [-0.2, 0) is 4.79 Å². The Bertz CT molecular complexity index is 682. The Kier molecular flexibility index (Phi) is 9.13. The van der Waals surface area contributed by atoms with Crippen molar-refractivity contribution in [2.24, 2.45) is 11.7 Å². The number of rotatable bonds is 8. The first-order valence-electron chi connectivity index (χ1n) is 8.43. The summed E-state index contributed by atoms with van der Waals surface area (Å²) in [6, 6.07) is 16.7. The fraction of sp³-hybridized carbons (Fsp3) is 0.350. The van der Waals surface area contributed by atoms with Gasteiger partial charge in [0.1, 0.15) is 18.5 Å². The summed E-state index contributed by atoms with van der Waals surface area (Å²) < 4.78 is 5.53. The molecule has 0 aliphatic heterocycles. The summed E-state index contributed by atoms with van der Waals surface area (Å²) in [6.45, 7) is 3.99. The van der Waals surface area contributed by atoms with E-state index in [2.05, 4.69) is 5.32 Å². The number of aryl methyl sites for hydroxylation is 1. The van der Waals surface area contributed by atoms with Crippen LogP contribution in [0, 0.1) is 12.8 Å². The molecule has 5 nitrogen and oxygen atoms in total. The van der Waals surface area contributed by atoms with E-state index >= 15 is 0 Å². The van der Waals surface area contributed by atoms with Gasteiger partial charge in [-0.25, -0.2) is 0 Å². The molecule has 26 heavy (non-hydrogen) atoms. The Morgan fingerprint density at radius 2 is 1.88 bits per heavy atom. The van der Waals surface area contributed by atoms with E-state index in [1.807, 2.05) is 61.5 Å². The van der Waals surface area contributed by atoms with E-state index in [1.54, 1.807) is 6.92 Å². The van der Waals surface area contributed by atoms with Crippen LogP contribution in [0.1, 0.15) is 24.1 Å². The van der Waals surface area contributed by atoms with Crippen LogP contribution in [0.5, 0.6) is 5.75 Å². The van der Waals surface area contributed by atoms with E-state index in [1.165, 1.54) is 0 Å². The van der Waals surface area contributed by atoms with E-state index in [0.717, 1.165) is 11.1 Å². The standard InChI is InChI=1S/C20H26N2O3.ClH/c1-14-7-6-10-18(11-14)25-13-17(23)12-22-20(24)15(2)19(21)16-8-4-3-5-9-16;/h3-11,15,17,19,23H,12-13,21H2,1-2H3,(H,22,24);1H. The number of nitrogens with one attached hydrogen (secondary N) is 1. The Hall–Kier alpha value is -2.08. The van der Waals surface area contributed by atoms with Gasteiger partial charge >= 0.3 is 0 Å². The molecule has 4 N–H and O–H groups in total. The molecule has 3 atom stereocenters. The van der Waals surface area contributed by atoms with Crippen molar-refractivity contribution in [3.63, 3.8) is 0 Å². The van der Waals surface area contributed by atoms with Crippen molar-refractivity contribution in [2.75, 3.05) is 13.2 Å². The van der Waals surface area contributed by atoms with Crippen molar-refractivity contribution >= 4 is 18.3 Å². The van der Waals surface area contributed by atoms with E-state index in [0.29, 0.717) is 5.75 Å². The largest absolute Gasteiger partial charge is 0.491 e. The van der Waals surface area contributed by atoms with Gasteiger partial charge in [0, 0.05) is 12.6 Å². The molecule has 0 aliphatic rings. The normalized spacial score (nSPS) is 13.8. The van der Waals surface area contributed by atoms with Crippen LogP contribution in [-0.4, -0.2) is 30.3 Å². The van der Waals surface area contributed by atoms with Gasteiger partial charge in [0.05, 0.1) is 5.92 Å². The number of aliphatic hydroxyl groups is 1. The fourth-order valence-electron chi connectivity index (χ4n) is 2.46. The first-order valence-corrected chi connectivity index (χ1v) is 8.43. The van der Waals surface area contributed by atoms with Crippen LogP contribution in [0.25, 0.3) is 0 Å².